The fraction of sp³-hybridized carbons (Fsp3) is 0.700. The summed E-state index contributed by atoms with van der Waals surface area (Å²) < 4.78 is 0. The Morgan fingerprint density at radius 1 is 0.905 bits per heavy atom. The van der Waals surface area contributed by atoms with Crippen LogP contribution in [0.4, 0.5) is 0 Å². The molecule has 1 nitrogen and oxygen atoms in total. The van der Waals surface area contributed by atoms with Gasteiger partial charge in [-0.05, 0) is 29.9 Å². The molecule has 1 heteroatoms. The van der Waals surface area contributed by atoms with Gasteiger partial charge in [-0.15, -0.1) is 0 Å². The molecule has 1 aromatic rings. The molecule has 0 spiro atoms. The van der Waals surface area contributed by atoms with Crippen molar-refractivity contribution in [3.63, 3.8) is 0 Å². The van der Waals surface area contributed by atoms with Crippen LogP contribution in [0, 0.1) is 0 Å². The first kappa shape index (κ1) is 18.2. The van der Waals surface area contributed by atoms with Gasteiger partial charge in [0.2, 0.25) is 0 Å². The van der Waals surface area contributed by atoms with E-state index in [0.29, 0.717) is 17.4 Å². The van der Waals surface area contributed by atoms with Gasteiger partial charge in [0.25, 0.3) is 0 Å². The molecule has 0 aliphatic rings. The van der Waals surface area contributed by atoms with Crippen LogP contribution >= 0.6 is 0 Å². The summed E-state index contributed by atoms with van der Waals surface area (Å²) >= 11 is 0. The van der Waals surface area contributed by atoms with Crippen LogP contribution < -0.4 is 5.32 Å². The Morgan fingerprint density at radius 3 is 1.81 bits per heavy atom. The van der Waals surface area contributed by atoms with Gasteiger partial charge in [-0.3, -0.25) is 0 Å². The van der Waals surface area contributed by atoms with E-state index in [1.54, 1.807) is 0 Å². The maximum atomic E-state index is 3.69. The number of rotatable bonds is 9. The van der Waals surface area contributed by atoms with Crippen molar-refractivity contribution in [3.8, 4) is 0 Å². The van der Waals surface area contributed by atoms with Crippen LogP contribution in [-0.4, -0.2) is 12.6 Å². The molecule has 0 atom stereocenters. The lowest BCUT2D eigenvalue weighted by Gasteiger charge is -2.36. The zero-order valence-corrected chi connectivity index (χ0v) is 15.0. The second-order valence-electron chi connectivity index (χ2n) is 7.09. The van der Waals surface area contributed by atoms with Crippen LogP contribution in [0.3, 0.4) is 0 Å². The molecule has 0 unspecified atom stereocenters. The molecule has 0 aliphatic heterocycles. The predicted octanol–water partition coefficient (Wildman–Crippen LogP) is 5.65. The van der Waals surface area contributed by atoms with E-state index in [2.05, 4.69) is 71.1 Å². The van der Waals surface area contributed by atoms with Crippen molar-refractivity contribution in [2.75, 3.05) is 6.54 Å². The minimum Gasteiger partial charge on any atom is -0.314 e. The van der Waals surface area contributed by atoms with E-state index in [4.69, 9.17) is 0 Å². The van der Waals surface area contributed by atoms with Gasteiger partial charge in [0.1, 0.15) is 0 Å². The molecule has 0 saturated carbocycles. The van der Waals surface area contributed by atoms with Crippen molar-refractivity contribution >= 4 is 0 Å². The molecule has 21 heavy (non-hydrogen) atoms. The minimum atomic E-state index is 0.295. The van der Waals surface area contributed by atoms with Gasteiger partial charge in [0, 0.05) is 18.0 Å². The first-order valence-corrected chi connectivity index (χ1v) is 8.79. The lowest BCUT2D eigenvalue weighted by molar-refractivity contribution is 0.324. The minimum absolute atomic E-state index is 0.295. The van der Waals surface area contributed by atoms with E-state index in [1.165, 1.54) is 36.8 Å². The Hall–Kier alpha value is -0.820. The van der Waals surface area contributed by atoms with Crippen molar-refractivity contribution in [1.29, 1.82) is 0 Å². The molecule has 0 amide bonds. The van der Waals surface area contributed by atoms with Crippen molar-refractivity contribution in [2.45, 2.75) is 84.6 Å². The van der Waals surface area contributed by atoms with E-state index < -0.39 is 0 Å². The molecule has 0 aromatic heterocycles. The van der Waals surface area contributed by atoms with Gasteiger partial charge in [0.05, 0.1) is 0 Å². The Labute approximate surface area is 132 Å². The number of hydrogen-bond acceptors (Lipinski definition) is 1. The largest absolute Gasteiger partial charge is 0.314 e. The highest BCUT2D eigenvalue weighted by Crippen LogP contribution is 2.34. The molecule has 0 fully saturated rings. The summed E-state index contributed by atoms with van der Waals surface area (Å²) in [5.41, 5.74) is 3.25. The maximum absolute atomic E-state index is 3.69. The molecule has 0 saturated heterocycles. The average molecular weight is 290 g/mol. The van der Waals surface area contributed by atoms with E-state index >= 15 is 0 Å². The monoisotopic (exact) mass is 289 g/mol. The fourth-order valence-electron chi connectivity index (χ4n) is 3.27. The van der Waals surface area contributed by atoms with Gasteiger partial charge in [-0.25, -0.2) is 0 Å². The Bertz CT molecular complexity index is 383. The van der Waals surface area contributed by atoms with Crippen molar-refractivity contribution in [2.24, 2.45) is 0 Å². The molecule has 0 aliphatic carbocycles. The second kappa shape index (κ2) is 8.58. The first-order chi connectivity index (χ1) is 9.95. The summed E-state index contributed by atoms with van der Waals surface area (Å²) in [5.74, 6) is 0.611. The lowest BCUT2D eigenvalue weighted by atomic mass is 9.73. The smallest absolute Gasteiger partial charge is 0.00776 e. The van der Waals surface area contributed by atoms with Crippen molar-refractivity contribution in [1.82, 2.24) is 5.32 Å². The zero-order valence-electron chi connectivity index (χ0n) is 15.0. The van der Waals surface area contributed by atoms with Crippen LogP contribution in [0.25, 0.3) is 0 Å². The molecule has 1 rings (SSSR count). The standard InChI is InChI=1S/C20H35N/c1-7-13-20(14-8-2,15-21-17(5)6)19-11-9-18(10-12-19)16(3)4/h9-12,16-17,21H,7-8,13-15H2,1-6H3. The highest BCUT2D eigenvalue weighted by molar-refractivity contribution is 5.31. The Kier molecular flexibility index (Phi) is 7.45. The normalized spacial score (nSPS) is 12.4. The summed E-state index contributed by atoms with van der Waals surface area (Å²) in [7, 11) is 0. The van der Waals surface area contributed by atoms with Gasteiger partial charge >= 0.3 is 0 Å². The molecular formula is C20H35N. The summed E-state index contributed by atoms with van der Waals surface area (Å²) in [4.78, 5) is 0. The molecule has 0 heterocycles. The highest BCUT2D eigenvalue weighted by Gasteiger charge is 2.30. The van der Waals surface area contributed by atoms with Crippen molar-refractivity contribution in [3.05, 3.63) is 35.4 Å². The highest BCUT2D eigenvalue weighted by atomic mass is 14.9. The number of nitrogens with one attached hydrogen (secondary N) is 1. The second-order valence-corrected chi connectivity index (χ2v) is 7.09. The van der Waals surface area contributed by atoms with E-state index in [9.17, 15) is 0 Å². The van der Waals surface area contributed by atoms with Crippen LogP contribution in [0.1, 0.15) is 84.3 Å². The number of benzene rings is 1. The third-order valence-corrected chi connectivity index (χ3v) is 4.50. The third-order valence-electron chi connectivity index (χ3n) is 4.50. The SMILES string of the molecule is CCCC(CCC)(CNC(C)C)c1ccc(C(C)C)cc1. The molecule has 0 radical (unpaired) electrons. The summed E-state index contributed by atoms with van der Waals surface area (Å²) in [5, 5.41) is 3.69. The molecule has 1 N–H and O–H groups in total. The zero-order chi connectivity index (χ0) is 15.9. The van der Waals surface area contributed by atoms with Gasteiger partial charge in [-0.1, -0.05) is 78.6 Å². The predicted molar refractivity (Wildman–Crippen MR) is 95.2 cm³/mol. The van der Waals surface area contributed by atoms with Crippen LogP contribution in [-0.2, 0) is 5.41 Å². The first-order valence-electron chi connectivity index (χ1n) is 8.79. The fourth-order valence-corrected chi connectivity index (χ4v) is 3.27. The van der Waals surface area contributed by atoms with E-state index in [0.717, 1.165) is 6.54 Å². The lowest BCUT2D eigenvalue weighted by Crippen LogP contribution is -2.41. The molecular weight excluding hydrogens is 254 g/mol. The molecule has 1 aromatic carbocycles. The van der Waals surface area contributed by atoms with E-state index in [1.807, 2.05) is 0 Å². The van der Waals surface area contributed by atoms with E-state index in [-0.39, 0.29) is 0 Å². The average Bonchev–Trinajstić information content (AvgIpc) is 2.45. The molecule has 0 bridgehead atoms. The summed E-state index contributed by atoms with van der Waals surface area (Å²) in [6.07, 6.45) is 5.01. The Morgan fingerprint density at radius 2 is 1.43 bits per heavy atom. The Balaban J connectivity index is 3.07. The summed E-state index contributed by atoms with van der Waals surface area (Å²) in [6.45, 7) is 14.7. The topological polar surface area (TPSA) is 12.0 Å². The van der Waals surface area contributed by atoms with Crippen LogP contribution in [0.2, 0.25) is 0 Å². The van der Waals surface area contributed by atoms with Gasteiger partial charge in [0.15, 0.2) is 0 Å². The molecule has 120 valence electrons. The van der Waals surface area contributed by atoms with Crippen LogP contribution in [0.5, 0.6) is 0 Å². The maximum Gasteiger partial charge on any atom is 0.00776 e. The van der Waals surface area contributed by atoms with Gasteiger partial charge in [-0.2, -0.15) is 0 Å². The quantitative estimate of drug-likeness (QED) is 0.619. The van der Waals surface area contributed by atoms with Crippen molar-refractivity contribution < 1.29 is 0 Å². The third kappa shape index (κ3) is 5.14. The number of hydrogen-bond donors (Lipinski definition) is 1. The van der Waals surface area contributed by atoms with Gasteiger partial charge < -0.3 is 5.32 Å². The summed E-state index contributed by atoms with van der Waals surface area (Å²) in [6, 6.07) is 9.96. The van der Waals surface area contributed by atoms with Crippen LogP contribution in [0.15, 0.2) is 24.3 Å².